The number of fused-ring (bicyclic) bond motifs is 16. The zero-order valence-corrected chi connectivity index (χ0v) is 41.2. The van der Waals surface area contributed by atoms with Crippen molar-refractivity contribution in [3.05, 3.63) is 316 Å². The molecule has 0 saturated heterocycles. The van der Waals surface area contributed by atoms with Crippen molar-refractivity contribution in [2.75, 3.05) is 4.90 Å². The number of aryl methyl sites for hydroxylation is 2. The molecule has 2 nitrogen and oxygen atoms in total. The smallest absolute Gasteiger partial charge is 0.140 e. The summed E-state index contributed by atoms with van der Waals surface area (Å²) in [6, 6.07) is 97.1. The SMILES string of the molecule is Cc1cccc2c3c(ccc12)C1(c2ccccc2-c2c(-c4ccccc4N(c4ccccc4)c4ccc5c(c4)C(c4ccccc4)(c4ccccc4)c4ccccc4-5)cccc21)c1ccc2c(C)cccc2c1O3. The number of hydrogen-bond acceptors (Lipinski definition) is 2. The van der Waals surface area contributed by atoms with E-state index in [2.05, 4.69) is 280 Å². The molecule has 0 saturated carbocycles. The second kappa shape index (κ2) is 16.1. The summed E-state index contributed by atoms with van der Waals surface area (Å²) >= 11 is 0. The van der Waals surface area contributed by atoms with E-state index in [1.807, 2.05) is 0 Å². The van der Waals surface area contributed by atoms with Gasteiger partial charge in [-0.25, -0.2) is 0 Å². The molecule has 15 rings (SSSR count). The molecule has 0 aromatic heterocycles. The Hall–Kier alpha value is -9.24. The lowest BCUT2D eigenvalue weighted by Crippen LogP contribution is -2.32. The molecule has 1 spiro atoms. The van der Waals surface area contributed by atoms with Crippen molar-refractivity contribution in [3.63, 3.8) is 0 Å². The van der Waals surface area contributed by atoms with Gasteiger partial charge in [-0.2, -0.15) is 0 Å². The van der Waals surface area contributed by atoms with E-state index < -0.39 is 10.8 Å². The minimum Gasteiger partial charge on any atom is -0.455 e. The van der Waals surface area contributed by atoms with Crippen molar-refractivity contribution in [2.45, 2.75) is 24.7 Å². The molecule has 1 heterocycles. The number of anilines is 3. The van der Waals surface area contributed by atoms with Crippen LogP contribution < -0.4 is 9.64 Å². The van der Waals surface area contributed by atoms with E-state index in [-0.39, 0.29) is 0 Å². The molecule has 0 amide bonds. The van der Waals surface area contributed by atoms with Gasteiger partial charge in [0.1, 0.15) is 11.5 Å². The molecule has 0 bridgehead atoms. The molecule has 12 aromatic carbocycles. The lowest BCUT2D eigenvalue weighted by Gasteiger charge is -2.40. The summed E-state index contributed by atoms with van der Waals surface area (Å²) < 4.78 is 7.41. The predicted octanol–water partition coefficient (Wildman–Crippen LogP) is 18.6. The molecule has 0 fully saturated rings. The quantitative estimate of drug-likeness (QED) is 0.165. The fourth-order valence-corrected chi connectivity index (χ4v) is 13.6. The second-order valence-corrected chi connectivity index (χ2v) is 20.3. The van der Waals surface area contributed by atoms with Gasteiger partial charge in [0, 0.05) is 38.8 Å². The summed E-state index contributed by atoms with van der Waals surface area (Å²) in [6.45, 7) is 4.40. The first-order chi connectivity index (χ1) is 36.6. The monoisotopic (exact) mass is 943 g/mol. The van der Waals surface area contributed by atoms with Crippen LogP contribution in [0.4, 0.5) is 17.1 Å². The molecule has 0 atom stereocenters. The van der Waals surface area contributed by atoms with Crippen molar-refractivity contribution >= 4 is 38.6 Å². The lowest BCUT2D eigenvalue weighted by atomic mass is 9.65. The molecule has 0 radical (unpaired) electrons. The predicted molar refractivity (Wildman–Crippen MR) is 306 cm³/mol. The molecule has 0 N–H and O–H groups in total. The summed E-state index contributed by atoms with van der Waals surface area (Å²) in [6.07, 6.45) is 0. The van der Waals surface area contributed by atoms with Gasteiger partial charge in [0.15, 0.2) is 0 Å². The number of nitrogens with zero attached hydrogens (tertiary/aromatic N) is 1. The van der Waals surface area contributed by atoms with E-state index in [1.165, 1.54) is 83.1 Å². The van der Waals surface area contributed by atoms with E-state index in [9.17, 15) is 0 Å². The average Bonchev–Trinajstić information content (AvgIpc) is 4.04. The average molecular weight is 944 g/mol. The minimum absolute atomic E-state index is 0.547. The van der Waals surface area contributed by atoms with Crippen LogP contribution >= 0.6 is 0 Å². The van der Waals surface area contributed by atoms with Gasteiger partial charge >= 0.3 is 0 Å². The Balaban J connectivity index is 0.998. The van der Waals surface area contributed by atoms with Gasteiger partial charge in [-0.05, 0) is 127 Å². The minimum atomic E-state index is -0.679. The van der Waals surface area contributed by atoms with E-state index in [0.717, 1.165) is 56.0 Å². The van der Waals surface area contributed by atoms with Gasteiger partial charge in [0.05, 0.1) is 16.5 Å². The van der Waals surface area contributed by atoms with Crippen LogP contribution in [0.1, 0.15) is 55.6 Å². The standard InChI is InChI=1S/C72H49NO/c1-46-21-18-33-58-52(46)41-43-64-69(58)74-70-59-34-19-22-47(2)53(59)42-44-65(70)72(64)62-36-16-13-31-60(62)68-57(32-20-37-63(68)72)56-30-14-17-38-67(56)73(50-27-10-5-11-28-50)51-39-40-55-54-29-12-15-35-61(54)71(66(55)45-51,48-23-6-3-7-24-48)49-25-8-4-9-26-49/h3-45H,1-2H3. The van der Waals surface area contributed by atoms with Crippen molar-refractivity contribution < 1.29 is 4.74 Å². The first-order valence-corrected chi connectivity index (χ1v) is 25.8. The molecule has 2 heteroatoms. The Kier molecular flexibility index (Phi) is 9.25. The molecule has 2 aliphatic carbocycles. The number of para-hydroxylation sites is 2. The van der Waals surface area contributed by atoms with Crippen LogP contribution in [0.3, 0.4) is 0 Å². The van der Waals surface area contributed by atoms with Gasteiger partial charge in [0.2, 0.25) is 0 Å². The van der Waals surface area contributed by atoms with Crippen LogP contribution in [-0.2, 0) is 10.8 Å². The first kappa shape index (κ1) is 42.4. The maximum atomic E-state index is 7.41. The van der Waals surface area contributed by atoms with Crippen molar-refractivity contribution in [2.24, 2.45) is 0 Å². The van der Waals surface area contributed by atoms with E-state index in [1.54, 1.807) is 0 Å². The van der Waals surface area contributed by atoms with Crippen molar-refractivity contribution in [3.8, 4) is 44.9 Å². The molecular formula is C72H49NO. The van der Waals surface area contributed by atoms with Crippen molar-refractivity contribution in [1.29, 1.82) is 0 Å². The molecular weight excluding hydrogens is 895 g/mol. The van der Waals surface area contributed by atoms with Crippen LogP contribution in [0.25, 0.3) is 54.9 Å². The van der Waals surface area contributed by atoms with Crippen LogP contribution in [0.15, 0.2) is 261 Å². The second-order valence-electron chi connectivity index (χ2n) is 20.3. The highest BCUT2D eigenvalue weighted by molar-refractivity contribution is 6.05. The van der Waals surface area contributed by atoms with Gasteiger partial charge in [0.25, 0.3) is 0 Å². The largest absolute Gasteiger partial charge is 0.455 e. The zero-order valence-electron chi connectivity index (χ0n) is 41.2. The van der Waals surface area contributed by atoms with Crippen LogP contribution in [0.5, 0.6) is 11.5 Å². The molecule has 0 unspecified atom stereocenters. The molecule has 74 heavy (non-hydrogen) atoms. The third-order valence-electron chi connectivity index (χ3n) is 16.7. The Labute approximate surface area is 432 Å². The maximum Gasteiger partial charge on any atom is 0.140 e. The highest BCUT2D eigenvalue weighted by atomic mass is 16.5. The summed E-state index contributed by atoms with van der Waals surface area (Å²) in [5, 5.41) is 4.67. The topological polar surface area (TPSA) is 12.5 Å². The number of rotatable bonds is 6. The summed E-state index contributed by atoms with van der Waals surface area (Å²) in [4.78, 5) is 2.48. The number of ether oxygens (including phenoxy) is 1. The number of benzene rings is 12. The van der Waals surface area contributed by atoms with Crippen LogP contribution in [0.2, 0.25) is 0 Å². The summed E-state index contributed by atoms with van der Waals surface area (Å²) in [5.74, 6) is 1.86. The summed E-state index contributed by atoms with van der Waals surface area (Å²) in [7, 11) is 0. The summed E-state index contributed by atoms with van der Waals surface area (Å²) in [5.41, 5.74) is 21.8. The van der Waals surface area contributed by atoms with E-state index in [4.69, 9.17) is 4.74 Å². The number of hydrogen-bond donors (Lipinski definition) is 0. The maximum absolute atomic E-state index is 7.41. The van der Waals surface area contributed by atoms with Gasteiger partial charge in [-0.3, -0.25) is 0 Å². The van der Waals surface area contributed by atoms with Crippen LogP contribution in [-0.4, -0.2) is 0 Å². The van der Waals surface area contributed by atoms with Gasteiger partial charge < -0.3 is 9.64 Å². The Morgan fingerprint density at radius 2 is 0.784 bits per heavy atom. The first-order valence-electron chi connectivity index (χ1n) is 25.8. The zero-order chi connectivity index (χ0) is 49.1. The molecule has 1 aliphatic heterocycles. The molecule has 3 aliphatic rings. The molecule has 12 aromatic rings. The fourth-order valence-electron chi connectivity index (χ4n) is 13.6. The lowest BCUT2D eigenvalue weighted by molar-refractivity contribution is 0.447. The third-order valence-corrected chi connectivity index (χ3v) is 16.7. The fraction of sp³-hybridized carbons (Fsp3) is 0.0556. The highest BCUT2D eigenvalue weighted by Gasteiger charge is 2.53. The third kappa shape index (κ3) is 5.71. The van der Waals surface area contributed by atoms with Crippen LogP contribution in [0, 0.1) is 13.8 Å². The van der Waals surface area contributed by atoms with Gasteiger partial charge in [-0.1, -0.05) is 231 Å². The van der Waals surface area contributed by atoms with Gasteiger partial charge in [-0.15, -0.1) is 0 Å². The Morgan fingerprint density at radius 3 is 1.42 bits per heavy atom. The molecule has 348 valence electrons. The Bertz CT molecular complexity index is 4120. The van der Waals surface area contributed by atoms with E-state index in [0.29, 0.717) is 0 Å². The van der Waals surface area contributed by atoms with Crippen molar-refractivity contribution in [1.82, 2.24) is 0 Å². The van der Waals surface area contributed by atoms with E-state index >= 15 is 0 Å². The Morgan fingerprint density at radius 1 is 0.297 bits per heavy atom. The normalized spacial score (nSPS) is 13.9. The highest BCUT2D eigenvalue weighted by Crippen LogP contribution is 2.66.